The third-order valence-electron chi connectivity index (χ3n) is 7.93. The monoisotopic (exact) mass is 488 g/mol. The molecule has 0 bridgehead atoms. The molecule has 190 valence electrons. The van der Waals surface area contributed by atoms with Crippen LogP contribution in [0.15, 0.2) is 30.3 Å². The van der Waals surface area contributed by atoms with Crippen molar-refractivity contribution in [3.8, 4) is 11.5 Å². The van der Waals surface area contributed by atoms with Crippen molar-refractivity contribution in [3.63, 3.8) is 0 Å². The SMILES string of the molecule is CCOc1ccc(OC(=O)C2CCC(c3ccc(C4CCC(CC)CC4)c(F)c3F)CC2)cc1F. The quantitative estimate of drug-likeness (QED) is 0.292. The summed E-state index contributed by atoms with van der Waals surface area (Å²) in [5.74, 6) is -1.85. The Morgan fingerprint density at radius 3 is 1.91 bits per heavy atom. The lowest BCUT2D eigenvalue weighted by Crippen LogP contribution is -2.25. The van der Waals surface area contributed by atoms with E-state index in [1.807, 2.05) is 0 Å². The number of carbonyl (C=O) groups is 1. The van der Waals surface area contributed by atoms with Crippen LogP contribution in [0.5, 0.6) is 11.5 Å². The van der Waals surface area contributed by atoms with Gasteiger partial charge in [-0.3, -0.25) is 4.79 Å². The van der Waals surface area contributed by atoms with Crippen molar-refractivity contribution < 1.29 is 27.4 Å². The smallest absolute Gasteiger partial charge is 0.314 e. The summed E-state index contributed by atoms with van der Waals surface area (Å²) in [6.07, 6.45) is 7.33. The molecule has 6 heteroatoms. The van der Waals surface area contributed by atoms with Gasteiger partial charge in [-0.1, -0.05) is 25.5 Å². The van der Waals surface area contributed by atoms with E-state index in [-0.39, 0.29) is 29.3 Å². The minimum atomic E-state index is -0.726. The van der Waals surface area contributed by atoms with Crippen molar-refractivity contribution in [1.29, 1.82) is 0 Å². The molecule has 0 heterocycles. The average molecular weight is 489 g/mol. The molecule has 0 spiro atoms. The average Bonchev–Trinajstić information content (AvgIpc) is 2.87. The second-order valence-corrected chi connectivity index (χ2v) is 9.99. The fourth-order valence-corrected chi connectivity index (χ4v) is 5.75. The Bertz CT molecular complexity index is 1020. The van der Waals surface area contributed by atoms with Crippen LogP contribution in [0.1, 0.15) is 94.6 Å². The number of hydrogen-bond donors (Lipinski definition) is 0. The van der Waals surface area contributed by atoms with Crippen LogP contribution in [-0.4, -0.2) is 12.6 Å². The molecule has 4 rings (SSSR count). The Morgan fingerprint density at radius 2 is 1.40 bits per heavy atom. The Kier molecular flexibility index (Phi) is 8.40. The molecule has 2 aliphatic rings. The van der Waals surface area contributed by atoms with E-state index in [9.17, 15) is 9.18 Å². The van der Waals surface area contributed by atoms with Crippen LogP contribution in [0.2, 0.25) is 0 Å². The van der Waals surface area contributed by atoms with E-state index in [2.05, 4.69) is 6.92 Å². The molecule has 0 unspecified atom stereocenters. The molecule has 2 fully saturated rings. The van der Waals surface area contributed by atoms with Gasteiger partial charge in [0.2, 0.25) is 0 Å². The Hall–Kier alpha value is -2.50. The van der Waals surface area contributed by atoms with Gasteiger partial charge in [0.25, 0.3) is 0 Å². The van der Waals surface area contributed by atoms with Crippen LogP contribution in [-0.2, 0) is 4.79 Å². The van der Waals surface area contributed by atoms with E-state index in [0.29, 0.717) is 49.3 Å². The van der Waals surface area contributed by atoms with Crippen LogP contribution in [0.25, 0.3) is 0 Å². The molecule has 35 heavy (non-hydrogen) atoms. The molecule has 0 N–H and O–H groups in total. The highest BCUT2D eigenvalue weighted by molar-refractivity contribution is 5.75. The van der Waals surface area contributed by atoms with Gasteiger partial charge in [-0.25, -0.2) is 13.2 Å². The summed E-state index contributed by atoms with van der Waals surface area (Å²) >= 11 is 0. The summed E-state index contributed by atoms with van der Waals surface area (Å²) in [6.45, 7) is 4.29. The molecule has 0 radical (unpaired) electrons. The van der Waals surface area contributed by atoms with Gasteiger partial charge in [-0.2, -0.15) is 0 Å². The van der Waals surface area contributed by atoms with Gasteiger partial charge in [0.1, 0.15) is 5.75 Å². The molecule has 0 saturated heterocycles. The van der Waals surface area contributed by atoms with E-state index in [1.54, 1.807) is 19.1 Å². The van der Waals surface area contributed by atoms with E-state index in [1.165, 1.54) is 12.1 Å². The van der Waals surface area contributed by atoms with Crippen LogP contribution in [0.4, 0.5) is 13.2 Å². The first-order chi connectivity index (χ1) is 16.9. The highest BCUT2D eigenvalue weighted by Crippen LogP contribution is 2.42. The maximum Gasteiger partial charge on any atom is 0.314 e. The molecule has 0 amide bonds. The maximum atomic E-state index is 15.1. The second kappa shape index (κ2) is 11.5. The predicted molar refractivity (Wildman–Crippen MR) is 129 cm³/mol. The van der Waals surface area contributed by atoms with E-state index < -0.39 is 23.4 Å². The zero-order chi connectivity index (χ0) is 24.9. The van der Waals surface area contributed by atoms with Crippen LogP contribution < -0.4 is 9.47 Å². The van der Waals surface area contributed by atoms with Crippen molar-refractivity contribution in [2.45, 2.75) is 83.5 Å². The van der Waals surface area contributed by atoms with Gasteiger partial charge in [0.15, 0.2) is 23.2 Å². The van der Waals surface area contributed by atoms with Gasteiger partial charge >= 0.3 is 5.97 Å². The Morgan fingerprint density at radius 1 is 0.829 bits per heavy atom. The van der Waals surface area contributed by atoms with Gasteiger partial charge in [-0.15, -0.1) is 0 Å². The first kappa shape index (κ1) is 25.6. The minimum Gasteiger partial charge on any atom is -0.491 e. The normalized spacial score (nSPS) is 24.7. The standard InChI is InChI=1S/C29H35F3O3/c1-3-18-5-7-19(8-6-18)23-14-15-24(28(32)27(23)31)20-9-11-21(12-10-20)29(33)35-22-13-16-26(34-4-2)25(30)17-22/h13-21H,3-12H2,1-2H3. The summed E-state index contributed by atoms with van der Waals surface area (Å²) in [5.41, 5.74) is 0.926. The van der Waals surface area contributed by atoms with Crippen molar-refractivity contribution in [2.75, 3.05) is 6.61 Å². The lowest BCUT2D eigenvalue weighted by atomic mass is 9.76. The zero-order valence-corrected chi connectivity index (χ0v) is 20.6. The molecular formula is C29H35F3O3. The number of rotatable bonds is 7. The molecule has 3 nitrogen and oxygen atoms in total. The summed E-state index contributed by atoms with van der Waals surface area (Å²) < 4.78 is 54.7. The van der Waals surface area contributed by atoms with E-state index in [4.69, 9.17) is 9.47 Å². The van der Waals surface area contributed by atoms with Crippen molar-refractivity contribution in [3.05, 3.63) is 58.9 Å². The third-order valence-corrected chi connectivity index (χ3v) is 7.93. The second-order valence-electron chi connectivity index (χ2n) is 9.99. The number of benzene rings is 2. The van der Waals surface area contributed by atoms with Gasteiger partial charge in [-0.05, 0) is 99.3 Å². The molecule has 2 aromatic rings. The number of hydrogen-bond acceptors (Lipinski definition) is 3. The van der Waals surface area contributed by atoms with Crippen molar-refractivity contribution in [2.24, 2.45) is 11.8 Å². The third kappa shape index (κ3) is 5.84. The molecule has 0 atom stereocenters. The summed E-state index contributed by atoms with van der Waals surface area (Å²) in [5, 5.41) is 0. The molecule has 2 aromatic carbocycles. The number of halogens is 3. The minimum absolute atomic E-state index is 0.0966. The van der Waals surface area contributed by atoms with Gasteiger partial charge in [0, 0.05) is 6.07 Å². The fraction of sp³-hybridized carbons (Fsp3) is 0.552. The van der Waals surface area contributed by atoms with E-state index in [0.717, 1.165) is 38.2 Å². The molecule has 0 aromatic heterocycles. The number of carbonyl (C=O) groups excluding carboxylic acids is 1. The highest BCUT2D eigenvalue weighted by Gasteiger charge is 2.32. The lowest BCUT2D eigenvalue weighted by molar-refractivity contribution is -0.140. The van der Waals surface area contributed by atoms with Crippen molar-refractivity contribution >= 4 is 5.97 Å². The first-order valence-corrected chi connectivity index (χ1v) is 13.0. The molecule has 2 saturated carbocycles. The maximum absolute atomic E-state index is 15.1. The zero-order valence-electron chi connectivity index (χ0n) is 20.6. The van der Waals surface area contributed by atoms with Crippen LogP contribution >= 0.6 is 0 Å². The lowest BCUT2D eigenvalue weighted by Gasteiger charge is -2.30. The summed E-state index contributed by atoms with van der Waals surface area (Å²) in [7, 11) is 0. The first-order valence-electron chi connectivity index (χ1n) is 13.0. The molecular weight excluding hydrogens is 453 g/mol. The van der Waals surface area contributed by atoms with Gasteiger partial charge < -0.3 is 9.47 Å². The number of ether oxygens (including phenoxy) is 2. The largest absolute Gasteiger partial charge is 0.491 e. The summed E-state index contributed by atoms with van der Waals surface area (Å²) in [4.78, 5) is 12.6. The summed E-state index contributed by atoms with van der Waals surface area (Å²) in [6, 6.07) is 7.63. The Labute approximate surface area is 206 Å². The Balaban J connectivity index is 1.35. The van der Waals surface area contributed by atoms with Gasteiger partial charge in [0.05, 0.1) is 12.5 Å². The van der Waals surface area contributed by atoms with E-state index >= 15 is 8.78 Å². The topological polar surface area (TPSA) is 35.5 Å². The predicted octanol–water partition coefficient (Wildman–Crippen LogP) is 8.07. The number of esters is 1. The molecule has 0 aliphatic heterocycles. The molecule has 2 aliphatic carbocycles. The highest BCUT2D eigenvalue weighted by atomic mass is 19.2. The fourth-order valence-electron chi connectivity index (χ4n) is 5.75. The van der Waals surface area contributed by atoms with Crippen LogP contribution in [0, 0.1) is 29.3 Å². The van der Waals surface area contributed by atoms with Crippen molar-refractivity contribution in [1.82, 2.24) is 0 Å². The van der Waals surface area contributed by atoms with Crippen LogP contribution in [0.3, 0.4) is 0 Å².